The SMILES string of the molecule is CCOc1ccc(C)cc1N(C=O)CCCOC. The molecule has 0 atom stereocenters. The number of anilines is 1. The van der Waals surface area contributed by atoms with E-state index in [4.69, 9.17) is 9.47 Å². The van der Waals surface area contributed by atoms with Crippen LogP contribution in [0.25, 0.3) is 0 Å². The lowest BCUT2D eigenvalue weighted by atomic mass is 10.2. The summed E-state index contributed by atoms with van der Waals surface area (Å²) in [6.45, 7) is 5.78. The number of rotatable bonds is 8. The van der Waals surface area contributed by atoms with Crippen LogP contribution < -0.4 is 9.64 Å². The van der Waals surface area contributed by atoms with Gasteiger partial charge in [-0.25, -0.2) is 0 Å². The summed E-state index contributed by atoms with van der Waals surface area (Å²) >= 11 is 0. The first-order chi connectivity index (χ1) is 8.72. The number of benzene rings is 1. The van der Waals surface area contributed by atoms with Crippen LogP contribution in [-0.2, 0) is 9.53 Å². The van der Waals surface area contributed by atoms with Gasteiger partial charge in [0, 0.05) is 20.3 Å². The van der Waals surface area contributed by atoms with E-state index in [0.29, 0.717) is 19.8 Å². The molecule has 0 radical (unpaired) electrons. The van der Waals surface area contributed by atoms with Crippen molar-refractivity contribution in [2.45, 2.75) is 20.3 Å². The monoisotopic (exact) mass is 251 g/mol. The van der Waals surface area contributed by atoms with Crippen molar-refractivity contribution in [3.63, 3.8) is 0 Å². The summed E-state index contributed by atoms with van der Waals surface area (Å²) in [4.78, 5) is 12.9. The molecule has 4 nitrogen and oxygen atoms in total. The number of hydrogen-bond donors (Lipinski definition) is 0. The Hall–Kier alpha value is -1.55. The fraction of sp³-hybridized carbons (Fsp3) is 0.500. The first-order valence-electron chi connectivity index (χ1n) is 6.17. The predicted molar refractivity (Wildman–Crippen MR) is 72.3 cm³/mol. The quantitative estimate of drug-likeness (QED) is 0.526. The second kappa shape index (κ2) is 7.71. The maximum Gasteiger partial charge on any atom is 0.214 e. The number of amides is 1. The molecule has 0 aliphatic carbocycles. The Balaban J connectivity index is 2.87. The average Bonchev–Trinajstić information content (AvgIpc) is 2.37. The first-order valence-corrected chi connectivity index (χ1v) is 6.17. The Kier molecular flexibility index (Phi) is 6.22. The van der Waals surface area contributed by atoms with E-state index in [1.54, 1.807) is 12.0 Å². The van der Waals surface area contributed by atoms with Crippen molar-refractivity contribution < 1.29 is 14.3 Å². The van der Waals surface area contributed by atoms with E-state index in [2.05, 4.69) is 0 Å². The molecule has 1 amide bonds. The molecule has 0 fully saturated rings. The molecule has 1 aromatic carbocycles. The lowest BCUT2D eigenvalue weighted by molar-refractivity contribution is -0.107. The third kappa shape index (κ3) is 4.04. The number of ether oxygens (including phenoxy) is 2. The fourth-order valence-corrected chi connectivity index (χ4v) is 1.74. The summed E-state index contributed by atoms with van der Waals surface area (Å²) in [5.74, 6) is 0.743. The van der Waals surface area contributed by atoms with Crippen LogP contribution >= 0.6 is 0 Å². The Bertz CT molecular complexity index is 379. The number of nitrogens with zero attached hydrogens (tertiary/aromatic N) is 1. The van der Waals surface area contributed by atoms with E-state index in [1.807, 2.05) is 32.0 Å². The van der Waals surface area contributed by atoms with Gasteiger partial charge in [-0.3, -0.25) is 4.79 Å². The van der Waals surface area contributed by atoms with Gasteiger partial charge in [0.1, 0.15) is 5.75 Å². The number of methoxy groups -OCH3 is 1. The molecule has 0 saturated carbocycles. The van der Waals surface area contributed by atoms with E-state index in [9.17, 15) is 4.79 Å². The second-order valence-electron chi connectivity index (χ2n) is 4.05. The highest BCUT2D eigenvalue weighted by atomic mass is 16.5. The van der Waals surface area contributed by atoms with Crippen LogP contribution in [0.2, 0.25) is 0 Å². The molecule has 0 spiro atoms. The lowest BCUT2D eigenvalue weighted by Crippen LogP contribution is -2.24. The van der Waals surface area contributed by atoms with Gasteiger partial charge in [0.15, 0.2) is 0 Å². The van der Waals surface area contributed by atoms with Gasteiger partial charge < -0.3 is 14.4 Å². The molecule has 0 unspecified atom stereocenters. The van der Waals surface area contributed by atoms with Gasteiger partial charge in [0.2, 0.25) is 6.41 Å². The number of carbonyl (C=O) groups excluding carboxylic acids is 1. The van der Waals surface area contributed by atoms with Crippen LogP contribution in [0.4, 0.5) is 5.69 Å². The van der Waals surface area contributed by atoms with Crippen molar-refractivity contribution >= 4 is 12.1 Å². The second-order valence-corrected chi connectivity index (χ2v) is 4.05. The molecular formula is C14H21NO3. The molecular weight excluding hydrogens is 230 g/mol. The molecule has 0 N–H and O–H groups in total. The maximum absolute atomic E-state index is 11.2. The lowest BCUT2D eigenvalue weighted by Gasteiger charge is -2.21. The van der Waals surface area contributed by atoms with E-state index in [0.717, 1.165) is 29.8 Å². The Morgan fingerprint density at radius 2 is 2.17 bits per heavy atom. The molecule has 0 aliphatic rings. The van der Waals surface area contributed by atoms with Crippen LogP contribution in [0.15, 0.2) is 18.2 Å². The van der Waals surface area contributed by atoms with Crippen molar-refractivity contribution in [2.75, 3.05) is 31.8 Å². The van der Waals surface area contributed by atoms with Crippen molar-refractivity contribution in [1.82, 2.24) is 0 Å². The normalized spacial score (nSPS) is 10.2. The van der Waals surface area contributed by atoms with Crippen molar-refractivity contribution in [1.29, 1.82) is 0 Å². The first kappa shape index (κ1) is 14.5. The maximum atomic E-state index is 11.2. The van der Waals surface area contributed by atoms with E-state index < -0.39 is 0 Å². The van der Waals surface area contributed by atoms with Crippen molar-refractivity contribution in [2.24, 2.45) is 0 Å². The molecule has 1 rings (SSSR count). The summed E-state index contributed by atoms with van der Waals surface area (Å²) in [7, 11) is 1.66. The van der Waals surface area contributed by atoms with E-state index >= 15 is 0 Å². The van der Waals surface area contributed by atoms with E-state index in [-0.39, 0.29) is 0 Å². The van der Waals surface area contributed by atoms with Gasteiger partial charge in [0.05, 0.1) is 12.3 Å². The predicted octanol–water partition coefficient (Wildman–Crippen LogP) is 2.39. The summed E-state index contributed by atoms with van der Waals surface area (Å²) < 4.78 is 10.5. The van der Waals surface area contributed by atoms with Gasteiger partial charge in [-0.2, -0.15) is 0 Å². The summed E-state index contributed by atoms with van der Waals surface area (Å²) in [6.07, 6.45) is 1.64. The zero-order chi connectivity index (χ0) is 13.4. The Morgan fingerprint density at radius 1 is 1.39 bits per heavy atom. The molecule has 0 aromatic heterocycles. The zero-order valence-corrected chi connectivity index (χ0v) is 11.3. The summed E-state index contributed by atoms with van der Waals surface area (Å²) in [5.41, 5.74) is 1.93. The third-order valence-electron chi connectivity index (χ3n) is 2.60. The minimum Gasteiger partial charge on any atom is -0.492 e. The molecule has 1 aromatic rings. The molecule has 0 saturated heterocycles. The number of aryl methyl sites for hydroxylation is 1. The Labute approximate surface area is 108 Å². The average molecular weight is 251 g/mol. The minimum atomic E-state index is 0.584. The molecule has 18 heavy (non-hydrogen) atoms. The highest BCUT2D eigenvalue weighted by Crippen LogP contribution is 2.29. The smallest absolute Gasteiger partial charge is 0.214 e. The van der Waals surface area contributed by atoms with Crippen molar-refractivity contribution in [3.05, 3.63) is 23.8 Å². The zero-order valence-electron chi connectivity index (χ0n) is 11.3. The summed E-state index contributed by atoms with van der Waals surface area (Å²) in [5, 5.41) is 0. The van der Waals surface area contributed by atoms with Crippen LogP contribution in [-0.4, -0.2) is 33.3 Å². The number of hydrogen-bond acceptors (Lipinski definition) is 3. The molecule has 0 aliphatic heterocycles. The van der Waals surface area contributed by atoms with Gasteiger partial charge in [0.25, 0.3) is 0 Å². The van der Waals surface area contributed by atoms with Crippen molar-refractivity contribution in [3.8, 4) is 5.75 Å². The highest BCUT2D eigenvalue weighted by Gasteiger charge is 2.11. The van der Waals surface area contributed by atoms with Gasteiger partial charge >= 0.3 is 0 Å². The topological polar surface area (TPSA) is 38.8 Å². The molecule has 0 bridgehead atoms. The van der Waals surface area contributed by atoms with Crippen LogP contribution in [0.3, 0.4) is 0 Å². The molecule has 0 heterocycles. The van der Waals surface area contributed by atoms with Crippen LogP contribution in [0, 0.1) is 6.92 Å². The minimum absolute atomic E-state index is 0.584. The van der Waals surface area contributed by atoms with Gasteiger partial charge in [-0.15, -0.1) is 0 Å². The van der Waals surface area contributed by atoms with Crippen LogP contribution in [0.5, 0.6) is 5.75 Å². The fourth-order valence-electron chi connectivity index (χ4n) is 1.74. The van der Waals surface area contributed by atoms with Gasteiger partial charge in [-0.05, 0) is 38.0 Å². The highest BCUT2D eigenvalue weighted by molar-refractivity contribution is 5.79. The third-order valence-corrected chi connectivity index (χ3v) is 2.60. The Morgan fingerprint density at radius 3 is 2.78 bits per heavy atom. The van der Waals surface area contributed by atoms with E-state index in [1.165, 1.54) is 0 Å². The molecule has 4 heteroatoms. The molecule has 100 valence electrons. The standard InChI is InChI=1S/C14H21NO3/c1-4-18-14-7-6-12(2)10-13(14)15(11-16)8-5-9-17-3/h6-7,10-11H,4-5,8-9H2,1-3H3. The van der Waals surface area contributed by atoms with Gasteiger partial charge in [-0.1, -0.05) is 6.07 Å². The number of carbonyl (C=O) groups is 1. The largest absolute Gasteiger partial charge is 0.492 e. The van der Waals surface area contributed by atoms with Crippen LogP contribution in [0.1, 0.15) is 18.9 Å². The summed E-state index contributed by atoms with van der Waals surface area (Å²) in [6, 6.07) is 5.85.